The Balaban J connectivity index is 2.11. The summed E-state index contributed by atoms with van der Waals surface area (Å²) in [4.78, 5) is 0.225. The molecule has 2 heterocycles. The van der Waals surface area contributed by atoms with Gasteiger partial charge in [-0.1, -0.05) is 0 Å². The van der Waals surface area contributed by atoms with Crippen molar-refractivity contribution in [2.75, 3.05) is 26.8 Å². The molecule has 0 saturated carbocycles. The lowest BCUT2D eigenvalue weighted by atomic mass is 10.0. The number of aryl methyl sites for hydroxylation is 1. The molecular weight excluding hydrogens is 280 g/mol. The minimum atomic E-state index is -3.50. The maximum Gasteiger partial charge on any atom is 0.244 e. The summed E-state index contributed by atoms with van der Waals surface area (Å²) in [5.41, 5.74) is 0.581. The maximum absolute atomic E-state index is 12.5. The van der Waals surface area contributed by atoms with Gasteiger partial charge in [-0.2, -0.15) is 0 Å². The summed E-state index contributed by atoms with van der Waals surface area (Å²) in [6.07, 6.45) is 3.52. The zero-order valence-corrected chi connectivity index (χ0v) is 12.8. The fourth-order valence-electron chi connectivity index (χ4n) is 2.47. The minimum absolute atomic E-state index is 0.174. The second-order valence-corrected chi connectivity index (χ2v) is 7.35. The normalized spacial score (nSPS) is 20.5. The van der Waals surface area contributed by atoms with Gasteiger partial charge in [-0.3, -0.25) is 0 Å². The van der Waals surface area contributed by atoms with Gasteiger partial charge in [0.05, 0.1) is 13.2 Å². The van der Waals surface area contributed by atoms with Crippen molar-refractivity contribution in [1.29, 1.82) is 0 Å². The van der Waals surface area contributed by atoms with Gasteiger partial charge in [-0.25, -0.2) is 12.7 Å². The van der Waals surface area contributed by atoms with E-state index in [1.54, 1.807) is 18.7 Å². The Kier molecular flexibility index (Phi) is 4.85. The van der Waals surface area contributed by atoms with Crippen molar-refractivity contribution in [3.8, 4) is 0 Å². The molecule has 2 rings (SSSR count). The fraction of sp³-hybridized carbons (Fsp3) is 0.692. The van der Waals surface area contributed by atoms with Crippen LogP contribution in [0.3, 0.4) is 0 Å². The van der Waals surface area contributed by atoms with E-state index in [4.69, 9.17) is 9.84 Å². The number of nitrogens with zero attached hydrogens (tertiary/aromatic N) is 2. The van der Waals surface area contributed by atoms with E-state index in [9.17, 15) is 8.42 Å². The predicted molar refractivity (Wildman–Crippen MR) is 74.7 cm³/mol. The molecule has 20 heavy (non-hydrogen) atoms. The van der Waals surface area contributed by atoms with Gasteiger partial charge in [0.2, 0.25) is 10.0 Å². The molecule has 6 nitrogen and oxygen atoms in total. The molecule has 7 heteroatoms. The zero-order valence-electron chi connectivity index (χ0n) is 11.9. The van der Waals surface area contributed by atoms with Gasteiger partial charge in [0, 0.05) is 39.1 Å². The number of aromatic nitrogens is 1. The van der Waals surface area contributed by atoms with Gasteiger partial charge < -0.3 is 14.4 Å². The molecular formula is C13H22N2O4S. The van der Waals surface area contributed by atoms with Crippen LogP contribution in [0.15, 0.2) is 17.2 Å². The molecule has 1 unspecified atom stereocenters. The van der Waals surface area contributed by atoms with Crippen LogP contribution < -0.4 is 0 Å². The highest BCUT2D eigenvalue weighted by Crippen LogP contribution is 2.21. The lowest BCUT2D eigenvalue weighted by molar-refractivity contribution is 0.0495. The summed E-state index contributed by atoms with van der Waals surface area (Å²) in [7, 11) is -0.190. The second-order valence-electron chi connectivity index (χ2n) is 5.30. The summed E-state index contributed by atoms with van der Waals surface area (Å²) >= 11 is 0. The molecule has 1 saturated heterocycles. The topological polar surface area (TPSA) is 71.8 Å². The summed E-state index contributed by atoms with van der Waals surface area (Å²) in [5.74, 6) is 0.254. The van der Waals surface area contributed by atoms with E-state index < -0.39 is 10.0 Å². The maximum atomic E-state index is 12.5. The van der Waals surface area contributed by atoms with E-state index in [1.807, 2.05) is 0 Å². The molecule has 0 aliphatic carbocycles. The summed E-state index contributed by atoms with van der Waals surface area (Å²) < 4.78 is 33.3. The van der Waals surface area contributed by atoms with Crippen molar-refractivity contribution in [2.24, 2.45) is 13.0 Å². The first-order chi connectivity index (χ1) is 9.45. The van der Waals surface area contributed by atoms with Gasteiger partial charge in [-0.05, 0) is 24.8 Å². The van der Waals surface area contributed by atoms with Crippen molar-refractivity contribution >= 4 is 10.0 Å². The first kappa shape index (κ1) is 15.5. The molecule has 1 fully saturated rings. The van der Waals surface area contributed by atoms with E-state index in [-0.39, 0.29) is 17.4 Å². The lowest BCUT2D eigenvalue weighted by Gasteiger charge is -2.26. The number of rotatable bonds is 5. The second kappa shape index (κ2) is 6.26. The molecule has 1 aliphatic rings. The third kappa shape index (κ3) is 3.22. The van der Waals surface area contributed by atoms with Crippen LogP contribution in [0.1, 0.15) is 18.5 Å². The Morgan fingerprint density at radius 3 is 2.85 bits per heavy atom. The molecule has 1 N–H and O–H groups in total. The van der Waals surface area contributed by atoms with Gasteiger partial charge in [0.15, 0.2) is 0 Å². The molecule has 0 amide bonds. The molecule has 0 radical (unpaired) electrons. The van der Waals surface area contributed by atoms with Crippen LogP contribution in [0.4, 0.5) is 0 Å². The molecule has 1 aliphatic heterocycles. The minimum Gasteiger partial charge on any atom is -0.390 e. The van der Waals surface area contributed by atoms with Crippen LogP contribution in [0, 0.1) is 5.92 Å². The van der Waals surface area contributed by atoms with Crippen LogP contribution >= 0.6 is 0 Å². The van der Waals surface area contributed by atoms with E-state index in [1.165, 1.54) is 16.6 Å². The van der Waals surface area contributed by atoms with E-state index >= 15 is 0 Å². The average molecular weight is 302 g/mol. The van der Waals surface area contributed by atoms with Gasteiger partial charge >= 0.3 is 0 Å². The quantitative estimate of drug-likeness (QED) is 0.863. The molecule has 0 bridgehead atoms. The van der Waals surface area contributed by atoms with Crippen LogP contribution in [0.25, 0.3) is 0 Å². The highest BCUT2D eigenvalue weighted by atomic mass is 32.2. The first-order valence-corrected chi connectivity index (χ1v) is 8.19. The Bertz CT molecular complexity index is 547. The Morgan fingerprint density at radius 1 is 1.55 bits per heavy atom. The molecule has 114 valence electrons. The average Bonchev–Trinajstić information content (AvgIpc) is 2.81. The van der Waals surface area contributed by atoms with Crippen LogP contribution in [0.2, 0.25) is 0 Å². The Labute approximate surface area is 120 Å². The standard InChI is InChI=1S/C13H22N2O4S/c1-14-8-13(6-12(14)9-16)20(17,18)15(2)7-11-4-3-5-19-10-11/h6,8,11,16H,3-5,7,9-10H2,1-2H3. The van der Waals surface area contributed by atoms with Crippen LogP contribution in [0.5, 0.6) is 0 Å². The molecule has 1 aromatic rings. The van der Waals surface area contributed by atoms with E-state index in [0.717, 1.165) is 19.4 Å². The van der Waals surface area contributed by atoms with Crippen LogP contribution in [-0.2, 0) is 28.4 Å². The van der Waals surface area contributed by atoms with Gasteiger partial charge in [-0.15, -0.1) is 0 Å². The number of hydrogen-bond donors (Lipinski definition) is 1. The first-order valence-electron chi connectivity index (χ1n) is 6.75. The number of aliphatic hydroxyl groups excluding tert-OH is 1. The zero-order chi connectivity index (χ0) is 14.8. The van der Waals surface area contributed by atoms with E-state index in [0.29, 0.717) is 18.8 Å². The fourth-order valence-corrected chi connectivity index (χ4v) is 3.81. The third-order valence-corrected chi connectivity index (χ3v) is 5.51. The predicted octanol–water partition coefficient (Wildman–Crippen LogP) is 0.564. The summed E-state index contributed by atoms with van der Waals surface area (Å²) in [6, 6.07) is 1.52. The van der Waals surface area contributed by atoms with Crippen molar-refractivity contribution in [3.05, 3.63) is 18.0 Å². The van der Waals surface area contributed by atoms with E-state index in [2.05, 4.69) is 0 Å². The number of hydrogen-bond acceptors (Lipinski definition) is 4. The van der Waals surface area contributed by atoms with Crippen molar-refractivity contribution in [1.82, 2.24) is 8.87 Å². The Morgan fingerprint density at radius 2 is 2.30 bits per heavy atom. The monoisotopic (exact) mass is 302 g/mol. The van der Waals surface area contributed by atoms with Gasteiger partial charge in [0.25, 0.3) is 0 Å². The third-order valence-electron chi connectivity index (χ3n) is 3.72. The number of ether oxygens (including phenoxy) is 1. The SMILES string of the molecule is CN(CC1CCCOC1)S(=O)(=O)c1cc(CO)n(C)c1. The number of sulfonamides is 1. The molecule has 1 aromatic heterocycles. The largest absolute Gasteiger partial charge is 0.390 e. The Hall–Kier alpha value is -0.890. The van der Waals surface area contributed by atoms with Crippen molar-refractivity contribution < 1.29 is 18.3 Å². The highest BCUT2D eigenvalue weighted by molar-refractivity contribution is 7.89. The number of aliphatic hydroxyl groups is 1. The molecule has 0 spiro atoms. The molecule has 1 atom stereocenters. The smallest absolute Gasteiger partial charge is 0.244 e. The highest BCUT2D eigenvalue weighted by Gasteiger charge is 2.26. The van der Waals surface area contributed by atoms with Crippen molar-refractivity contribution in [3.63, 3.8) is 0 Å². The lowest BCUT2D eigenvalue weighted by Crippen LogP contribution is -2.35. The van der Waals surface area contributed by atoms with Crippen LogP contribution in [-0.4, -0.2) is 49.2 Å². The summed E-state index contributed by atoms with van der Waals surface area (Å²) in [6.45, 7) is 1.68. The van der Waals surface area contributed by atoms with Crippen molar-refractivity contribution in [2.45, 2.75) is 24.3 Å². The summed E-state index contributed by atoms with van der Waals surface area (Å²) in [5, 5.41) is 9.15. The van der Waals surface area contributed by atoms with Gasteiger partial charge in [0.1, 0.15) is 4.90 Å². The molecule has 0 aromatic carbocycles.